The molecule has 0 saturated carbocycles. The first-order chi connectivity index (χ1) is 14.8. The van der Waals surface area contributed by atoms with Gasteiger partial charge >= 0.3 is 0 Å². The van der Waals surface area contributed by atoms with Gasteiger partial charge < -0.3 is 15.2 Å². The molecule has 30 heavy (non-hydrogen) atoms. The summed E-state index contributed by atoms with van der Waals surface area (Å²) in [6.45, 7) is 0.152. The maximum absolute atomic E-state index is 12.8. The quantitative estimate of drug-likeness (QED) is 0.411. The third-order valence-corrected chi connectivity index (χ3v) is 5.03. The maximum Gasteiger partial charge on any atom is 0.244 e. The van der Waals surface area contributed by atoms with Crippen molar-refractivity contribution in [3.05, 3.63) is 97.1 Å². The predicted octanol–water partition coefficient (Wildman–Crippen LogP) is 5.57. The molecule has 2 N–H and O–H groups in total. The smallest absolute Gasteiger partial charge is 0.244 e. The van der Waals surface area contributed by atoms with E-state index in [0.717, 1.165) is 33.2 Å². The van der Waals surface area contributed by atoms with Crippen LogP contribution < -0.4 is 10.6 Å². The molecule has 5 rings (SSSR count). The lowest BCUT2D eigenvalue weighted by Gasteiger charge is -2.11. The van der Waals surface area contributed by atoms with Gasteiger partial charge in [-0.15, -0.1) is 0 Å². The second-order valence-electron chi connectivity index (χ2n) is 7.08. The summed E-state index contributed by atoms with van der Waals surface area (Å²) in [7, 11) is 0. The first kappa shape index (κ1) is 17.9. The second-order valence-corrected chi connectivity index (χ2v) is 7.08. The van der Waals surface area contributed by atoms with E-state index in [1.165, 1.54) is 0 Å². The molecule has 0 unspecified atom stereocenters. The van der Waals surface area contributed by atoms with Crippen LogP contribution in [0.2, 0.25) is 0 Å². The summed E-state index contributed by atoms with van der Waals surface area (Å²) < 4.78 is 1.92. The summed E-state index contributed by atoms with van der Waals surface area (Å²) in [4.78, 5) is 17.7. The molecule has 0 spiro atoms. The number of anilines is 3. The van der Waals surface area contributed by atoms with E-state index in [1.54, 1.807) is 0 Å². The number of nitrogens with zero attached hydrogens (tertiary/aromatic N) is 2. The molecule has 1 amide bonds. The molecule has 0 radical (unpaired) electrons. The Hall–Kier alpha value is -4.12. The van der Waals surface area contributed by atoms with Crippen molar-refractivity contribution in [2.75, 3.05) is 10.6 Å². The van der Waals surface area contributed by atoms with Crippen LogP contribution in [-0.4, -0.2) is 15.5 Å². The van der Waals surface area contributed by atoms with E-state index in [-0.39, 0.29) is 12.5 Å². The Balaban J connectivity index is 1.57. The van der Waals surface area contributed by atoms with E-state index in [1.807, 2.05) is 83.4 Å². The lowest BCUT2D eigenvalue weighted by molar-refractivity contribution is -0.116. The van der Waals surface area contributed by atoms with Crippen molar-refractivity contribution in [3.8, 4) is 0 Å². The van der Waals surface area contributed by atoms with Gasteiger partial charge in [0.05, 0.1) is 11.0 Å². The Labute approximate surface area is 174 Å². The van der Waals surface area contributed by atoms with E-state index in [2.05, 4.69) is 28.8 Å². The highest BCUT2D eigenvalue weighted by Crippen LogP contribution is 2.29. The molecule has 1 aromatic heterocycles. The predicted molar refractivity (Wildman–Crippen MR) is 122 cm³/mol. The average molecular weight is 392 g/mol. The van der Waals surface area contributed by atoms with Crippen LogP contribution in [0.25, 0.3) is 21.8 Å². The highest BCUT2D eigenvalue weighted by Gasteiger charge is 2.16. The molecule has 1 heterocycles. The van der Waals surface area contributed by atoms with Crippen molar-refractivity contribution in [1.29, 1.82) is 0 Å². The summed E-state index contributed by atoms with van der Waals surface area (Å²) in [6.07, 6.45) is 0. The van der Waals surface area contributed by atoms with E-state index in [9.17, 15) is 4.79 Å². The number of rotatable bonds is 5. The lowest BCUT2D eigenvalue weighted by Crippen LogP contribution is -2.19. The minimum atomic E-state index is -0.107. The van der Waals surface area contributed by atoms with Gasteiger partial charge in [-0.05, 0) is 35.7 Å². The molecule has 5 heteroatoms. The number of amides is 1. The minimum absolute atomic E-state index is 0.107. The number of nitrogens with one attached hydrogen (secondary N) is 2. The SMILES string of the molecule is O=C(Cn1c(Nc2ccccc2)nc2c3ccccc3ccc21)Nc1ccccc1. The summed E-state index contributed by atoms with van der Waals surface area (Å²) >= 11 is 0. The first-order valence-electron chi connectivity index (χ1n) is 9.83. The van der Waals surface area contributed by atoms with Gasteiger partial charge in [0.2, 0.25) is 11.9 Å². The Bertz CT molecular complexity index is 1330. The molecule has 0 aliphatic heterocycles. The Morgan fingerprint density at radius 1 is 0.767 bits per heavy atom. The van der Waals surface area contributed by atoms with Gasteiger partial charge in [0.1, 0.15) is 6.54 Å². The van der Waals surface area contributed by atoms with Crippen LogP contribution in [0.1, 0.15) is 0 Å². The Morgan fingerprint density at radius 3 is 2.20 bits per heavy atom. The zero-order valence-electron chi connectivity index (χ0n) is 16.2. The number of hydrogen-bond acceptors (Lipinski definition) is 3. The number of fused-ring (bicyclic) bond motifs is 3. The van der Waals surface area contributed by atoms with Gasteiger partial charge in [-0.25, -0.2) is 4.98 Å². The van der Waals surface area contributed by atoms with Gasteiger partial charge in [-0.1, -0.05) is 66.7 Å². The summed E-state index contributed by atoms with van der Waals surface area (Å²) in [6, 6.07) is 31.6. The van der Waals surface area contributed by atoms with Crippen LogP contribution in [0.3, 0.4) is 0 Å². The summed E-state index contributed by atoms with van der Waals surface area (Å²) in [5, 5.41) is 8.51. The molecular formula is C25H20N4O. The third kappa shape index (κ3) is 3.49. The van der Waals surface area contributed by atoms with Crippen LogP contribution in [0.4, 0.5) is 17.3 Å². The molecule has 4 aromatic carbocycles. The molecular weight excluding hydrogens is 372 g/mol. The van der Waals surface area contributed by atoms with Crippen molar-refractivity contribution in [2.45, 2.75) is 6.54 Å². The minimum Gasteiger partial charge on any atom is -0.326 e. The van der Waals surface area contributed by atoms with Crippen LogP contribution >= 0.6 is 0 Å². The van der Waals surface area contributed by atoms with Gasteiger partial charge in [-0.2, -0.15) is 0 Å². The summed E-state index contributed by atoms with van der Waals surface area (Å²) in [5.41, 5.74) is 3.48. The van der Waals surface area contributed by atoms with Crippen LogP contribution in [0, 0.1) is 0 Å². The van der Waals surface area contributed by atoms with E-state index >= 15 is 0 Å². The van der Waals surface area contributed by atoms with Crippen molar-refractivity contribution in [3.63, 3.8) is 0 Å². The van der Waals surface area contributed by atoms with Crippen LogP contribution in [0.15, 0.2) is 97.1 Å². The molecule has 5 aromatic rings. The van der Waals surface area contributed by atoms with Crippen molar-refractivity contribution in [2.24, 2.45) is 0 Å². The van der Waals surface area contributed by atoms with Crippen LogP contribution in [-0.2, 0) is 11.3 Å². The molecule has 0 aliphatic carbocycles. The second kappa shape index (κ2) is 7.72. The zero-order chi connectivity index (χ0) is 20.3. The fraction of sp³-hybridized carbons (Fsp3) is 0.0400. The first-order valence-corrected chi connectivity index (χ1v) is 9.83. The lowest BCUT2D eigenvalue weighted by atomic mass is 10.1. The average Bonchev–Trinajstić information content (AvgIpc) is 3.12. The fourth-order valence-electron chi connectivity index (χ4n) is 3.63. The van der Waals surface area contributed by atoms with Crippen molar-refractivity contribution >= 4 is 45.0 Å². The number of carbonyl (C=O) groups is 1. The number of aromatic nitrogens is 2. The topological polar surface area (TPSA) is 59.0 Å². The van der Waals surface area contributed by atoms with E-state index < -0.39 is 0 Å². The van der Waals surface area contributed by atoms with E-state index in [0.29, 0.717) is 5.95 Å². The molecule has 0 atom stereocenters. The molecule has 0 aliphatic rings. The van der Waals surface area contributed by atoms with Gasteiger partial charge in [-0.3, -0.25) is 4.79 Å². The normalized spacial score (nSPS) is 10.9. The number of hydrogen-bond donors (Lipinski definition) is 2. The van der Waals surface area contributed by atoms with Gasteiger partial charge in [0.15, 0.2) is 0 Å². The number of para-hydroxylation sites is 2. The molecule has 146 valence electrons. The molecule has 5 nitrogen and oxygen atoms in total. The highest BCUT2D eigenvalue weighted by atomic mass is 16.1. The maximum atomic E-state index is 12.8. The highest BCUT2D eigenvalue weighted by molar-refractivity contribution is 6.05. The standard InChI is InChI=1S/C25H20N4O/c30-23(26-19-10-3-1-4-11-19)17-29-22-16-15-18-9-7-8-14-21(18)24(22)28-25(29)27-20-12-5-2-6-13-20/h1-16H,17H2,(H,26,30)(H,27,28). The number of carbonyl (C=O) groups excluding carboxylic acids is 1. The van der Waals surface area contributed by atoms with Crippen molar-refractivity contribution < 1.29 is 4.79 Å². The van der Waals surface area contributed by atoms with Crippen molar-refractivity contribution in [1.82, 2.24) is 9.55 Å². The third-order valence-electron chi connectivity index (χ3n) is 5.03. The Kier molecular flexibility index (Phi) is 4.62. The molecule has 0 saturated heterocycles. The molecule has 0 fully saturated rings. The fourth-order valence-corrected chi connectivity index (χ4v) is 3.63. The zero-order valence-corrected chi connectivity index (χ0v) is 16.2. The largest absolute Gasteiger partial charge is 0.326 e. The number of benzene rings is 4. The Morgan fingerprint density at radius 2 is 1.43 bits per heavy atom. The monoisotopic (exact) mass is 392 g/mol. The molecule has 0 bridgehead atoms. The van der Waals surface area contributed by atoms with Gasteiger partial charge in [0, 0.05) is 16.8 Å². The summed E-state index contributed by atoms with van der Waals surface area (Å²) in [5.74, 6) is 0.528. The van der Waals surface area contributed by atoms with E-state index in [4.69, 9.17) is 4.98 Å². The van der Waals surface area contributed by atoms with Crippen LogP contribution in [0.5, 0.6) is 0 Å². The van der Waals surface area contributed by atoms with Gasteiger partial charge in [0.25, 0.3) is 0 Å². The number of imidazole rings is 1.